The second kappa shape index (κ2) is 7.90. The molecule has 2 heterocycles. The van der Waals surface area contributed by atoms with E-state index in [2.05, 4.69) is 15.6 Å². The van der Waals surface area contributed by atoms with E-state index in [1.807, 2.05) is 66.9 Å². The van der Waals surface area contributed by atoms with Crippen LogP contribution in [0.2, 0.25) is 0 Å². The minimum absolute atomic E-state index is 0.0343. The minimum Gasteiger partial charge on any atom is -0.329 e. The number of nitro benzene ring substituents is 1. The molecule has 8 heteroatoms. The Bertz CT molecular complexity index is 1440. The maximum absolute atomic E-state index is 13.6. The molecule has 4 aromatic rings. The first-order valence-corrected chi connectivity index (χ1v) is 10.5. The minimum atomic E-state index is -0.598. The highest BCUT2D eigenvalue weighted by Crippen LogP contribution is 2.40. The zero-order valence-corrected chi connectivity index (χ0v) is 18.1. The normalized spacial score (nSPS) is 15.2. The number of hydrogen-bond donors (Lipinski definition) is 2. The first-order chi connectivity index (χ1) is 15.9. The molecule has 1 aliphatic rings. The van der Waals surface area contributed by atoms with E-state index < -0.39 is 11.0 Å². The third-order valence-corrected chi connectivity index (χ3v) is 5.78. The van der Waals surface area contributed by atoms with E-state index in [0.717, 1.165) is 16.6 Å². The number of non-ortho nitro benzene ring substituents is 1. The molecule has 1 aromatic heterocycles. The third kappa shape index (κ3) is 3.61. The second-order valence-electron chi connectivity index (χ2n) is 8.03. The number of para-hydroxylation sites is 2. The Labute approximate surface area is 189 Å². The highest BCUT2D eigenvalue weighted by molar-refractivity contribution is 6.06. The Balaban J connectivity index is 1.68. The maximum atomic E-state index is 13.6. The van der Waals surface area contributed by atoms with Gasteiger partial charge in [0.25, 0.3) is 11.6 Å². The van der Waals surface area contributed by atoms with Gasteiger partial charge in [-0.1, -0.05) is 42.0 Å². The van der Waals surface area contributed by atoms with Gasteiger partial charge < -0.3 is 10.6 Å². The van der Waals surface area contributed by atoms with Crippen LogP contribution in [0.15, 0.2) is 84.1 Å². The summed E-state index contributed by atoms with van der Waals surface area (Å²) in [5.74, 6) is 0.292. The van der Waals surface area contributed by atoms with Gasteiger partial charge in [-0.05, 0) is 43.7 Å². The highest BCUT2D eigenvalue weighted by atomic mass is 16.6. The van der Waals surface area contributed by atoms with Gasteiger partial charge in [0, 0.05) is 23.5 Å². The standard InChI is InChI=1S/C25H21N5O3/c1-15-10-12-18(13-11-15)27-24(31)22-16(2)26-25-28-20-8-3-4-9-21(20)29(25)23(22)17-6-5-7-19(14-17)30(32)33/h3-14,23H,1-2H3,(H,26,28)(H,27,31)/t23-/m1/s1. The van der Waals surface area contributed by atoms with Crippen molar-refractivity contribution in [2.24, 2.45) is 0 Å². The van der Waals surface area contributed by atoms with Crippen molar-refractivity contribution in [3.05, 3.63) is 105 Å². The zero-order valence-electron chi connectivity index (χ0n) is 18.1. The second-order valence-corrected chi connectivity index (χ2v) is 8.03. The van der Waals surface area contributed by atoms with Crippen molar-refractivity contribution >= 4 is 34.3 Å². The molecule has 33 heavy (non-hydrogen) atoms. The molecule has 8 nitrogen and oxygen atoms in total. The number of imidazole rings is 1. The Kier molecular flexibility index (Phi) is 4.90. The average Bonchev–Trinajstić information content (AvgIpc) is 3.17. The first kappa shape index (κ1) is 20.4. The molecule has 1 aliphatic heterocycles. The van der Waals surface area contributed by atoms with Crippen LogP contribution in [0.25, 0.3) is 11.0 Å². The van der Waals surface area contributed by atoms with Gasteiger partial charge in [-0.15, -0.1) is 0 Å². The molecular formula is C25H21N5O3. The molecule has 0 saturated carbocycles. The molecule has 0 saturated heterocycles. The number of rotatable bonds is 4. The van der Waals surface area contributed by atoms with Crippen LogP contribution in [0.1, 0.15) is 24.1 Å². The number of hydrogen-bond acceptors (Lipinski definition) is 5. The van der Waals surface area contributed by atoms with Crippen LogP contribution in [-0.2, 0) is 4.79 Å². The van der Waals surface area contributed by atoms with Crippen molar-refractivity contribution in [2.75, 3.05) is 10.6 Å². The number of aryl methyl sites for hydroxylation is 1. The SMILES string of the molecule is CC1=C(C(=O)Nc2ccc(C)cc2)[C@@H](c2cccc([N+](=O)[O-])c2)n2c(nc3ccccc32)N1. The predicted octanol–water partition coefficient (Wildman–Crippen LogP) is 5.18. The molecule has 3 aromatic carbocycles. The molecule has 0 fully saturated rings. The van der Waals surface area contributed by atoms with Crippen molar-refractivity contribution in [1.29, 1.82) is 0 Å². The lowest BCUT2D eigenvalue weighted by Crippen LogP contribution is -2.31. The fraction of sp³-hybridized carbons (Fsp3) is 0.120. The van der Waals surface area contributed by atoms with Crippen LogP contribution in [0.3, 0.4) is 0 Å². The number of nitrogens with one attached hydrogen (secondary N) is 2. The monoisotopic (exact) mass is 439 g/mol. The molecule has 2 N–H and O–H groups in total. The summed E-state index contributed by atoms with van der Waals surface area (Å²) in [6.07, 6.45) is 0. The molecule has 1 amide bonds. The van der Waals surface area contributed by atoms with E-state index in [9.17, 15) is 14.9 Å². The molecule has 5 rings (SSSR count). The fourth-order valence-corrected chi connectivity index (χ4v) is 4.22. The van der Waals surface area contributed by atoms with E-state index in [0.29, 0.717) is 28.5 Å². The Hall–Kier alpha value is -4.46. The van der Waals surface area contributed by atoms with Crippen LogP contribution in [0, 0.1) is 17.0 Å². The number of nitrogens with zero attached hydrogens (tertiary/aromatic N) is 3. The van der Waals surface area contributed by atoms with Gasteiger partial charge in [0.1, 0.15) is 0 Å². The number of benzene rings is 3. The van der Waals surface area contributed by atoms with Crippen molar-refractivity contribution < 1.29 is 9.72 Å². The van der Waals surface area contributed by atoms with E-state index in [-0.39, 0.29) is 11.6 Å². The quantitative estimate of drug-likeness (QED) is 0.337. The summed E-state index contributed by atoms with van der Waals surface area (Å²) in [7, 11) is 0. The molecule has 164 valence electrons. The van der Waals surface area contributed by atoms with E-state index in [4.69, 9.17) is 0 Å². The summed E-state index contributed by atoms with van der Waals surface area (Å²) in [6, 6.07) is 21.0. The van der Waals surface area contributed by atoms with E-state index in [1.165, 1.54) is 12.1 Å². The van der Waals surface area contributed by atoms with Crippen LogP contribution < -0.4 is 10.6 Å². The van der Waals surface area contributed by atoms with Gasteiger partial charge in [-0.2, -0.15) is 0 Å². The summed E-state index contributed by atoms with van der Waals surface area (Å²) in [4.78, 5) is 29.3. The van der Waals surface area contributed by atoms with Crippen molar-refractivity contribution in [3.63, 3.8) is 0 Å². The number of nitro groups is 1. The van der Waals surface area contributed by atoms with E-state index in [1.54, 1.807) is 12.1 Å². The molecular weight excluding hydrogens is 418 g/mol. The number of amides is 1. The third-order valence-electron chi connectivity index (χ3n) is 5.78. The van der Waals surface area contributed by atoms with Gasteiger partial charge in [0.15, 0.2) is 0 Å². The van der Waals surface area contributed by atoms with Gasteiger partial charge in [0.2, 0.25) is 5.95 Å². The van der Waals surface area contributed by atoms with Gasteiger partial charge in [0.05, 0.1) is 27.6 Å². The number of anilines is 2. The van der Waals surface area contributed by atoms with E-state index >= 15 is 0 Å². The molecule has 1 atom stereocenters. The lowest BCUT2D eigenvalue weighted by Gasteiger charge is -2.30. The van der Waals surface area contributed by atoms with Crippen molar-refractivity contribution in [2.45, 2.75) is 19.9 Å². The lowest BCUT2D eigenvalue weighted by atomic mass is 9.94. The first-order valence-electron chi connectivity index (χ1n) is 10.5. The Morgan fingerprint density at radius 2 is 1.82 bits per heavy atom. The van der Waals surface area contributed by atoms with Gasteiger partial charge in [-0.25, -0.2) is 4.98 Å². The summed E-state index contributed by atoms with van der Waals surface area (Å²) < 4.78 is 1.92. The molecule has 0 unspecified atom stereocenters. The van der Waals surface area contributed by atoms with Crippen molar-refractivity contribution in [3.8, 4) is 0 Å². The number of aromatic nitrogens is 2. The molecule has 0 spiro atoms. The fourth-order valence-electron chi connectivity index (χ4n) is 4.22. The zero-order chi connectivity index (χ0) is 23.1. The average molecular weight is 439 g/mol. The lowest BCUT2D eigenvalue weighted by molar-refractivity contribution is -0.384. The summed E-state index contributed by atoms with van der Waals surface area (Å²) in [5, 5.41) is 17.7. The number of allylic oxidation sites excluding steroid dienone is 1. The molecule has 0 aliphatic carbocycles. The highest BCUT2D eigenvalue weighted by Gasteiger charge is 2.34. The molecule has 0 bridgehead atoms. The number of carbonyl (C=O) groups is 1. The van der Waals surface area contributed by atoms with Crippen LogP contribution >= 0.6 is 0 Å². The number of carbonyl (C=O) groups excluding carboxylic acids is 1. The maximum Gasteiger partial charge on any atom is 0.269 e. The van der Waals surface area contributed by atoms with Gasteiger partial charge in [-0.3, -0.25) is 19.5 Å². The van der Waals surface area contributed by atoms with Gasteiger partial charge >= 0.3 is 0 Å². The van der Waals surface area contributed by atoms with Crippen molar-refractivity contribution in [1.82, 2.24) is 9.55 Å². The largest absolute Gasteiger partial charge is 0.329 e. The summed E-state index contributed by atoms with van der Waals surface area (Å²) >= 11 is 0. The number of fused-ring (bicyclic) bond motifs is 3. The van der Waals surface area contributed by atoms with Crippen LogP contribution in [0.5, 0.6) is 0 Å². The van der Waals surface area contributed by atoms with Crippen LogP contribution in [0.4, 0.5) is 17.3 Å². The summed E-state index contributed by atoms with van der Waals surface area (Å²) in [5.41, 5.74) is 5.05. The predicted molar refractivity (Wildman–Crippen MR) is 127 cm³/mol. The Morgan fingerprint density at radius 3 is 2.58 bits per heavy atom. The Morgan fingerprint density at radius 1 is 1.06 bits per heavy atom. The smallest absolute Gasteiger partial charge is 0.269 e. The topological polar surface area (TPSA) is 102 Å². The summed E-state index contributed by atoms with van der Waals surface area (Å²) in [6.45, 7) is 3.80. The van der Waals surface area contributed by atoms with Crippen LogP contribution in [-0.4, -0.2) is 20.4 Å². The molecule has 0 radical (unpaired) electrons.